The molecular formula is C21H20N4O3S. The first-order valence-corrected chi connectivity index (χ1v) is 11.0. The van der Waals surface area contributed by atoms with Gasteiger partial charge in [0.25, 0.3) is 5.56 Å². The van der Waals surface area contributed by atoms with Gasteiger partial charge in [-0.1, -0.05) is 6.07 Å². The first kappa shape index (κ1) is 18.9. The summed E-state index contributed by atoms with van der Waals surface area (Å²) in [6, 6.07) is 11.1. The Bertz CT molecular complexity index is 1360. The zero-order valence-electron chi connectivity index (χ0n) is 16.0. The smallest absolute Gasteiger partial charge is 0.274 e. The standard InChI is InChI=1S/C21H20N4O3S/c1-25-12-18(16-7-9-23-20(16)21(25)26)17-10-14(13-29(2,27)28)5-6-19(17)24-15-4-3-8-22-11-15/h3-12,23-24H,13H2,1-2H3. The summed E-state index contributed by atoms with van der Waals surface area (Å²) in [7, 11) is -1.49. The van der Waals surface area contributed by atoms with Gasteiger partial charge >= 0.3 is 0 Å². The number of nitrogens with one attached hydrogen (secondary N) is 2. The van der Waals surface area contributed by atoms with Crippen LogP contribution in [0.15, 0.2) is 66.0 Å². The molecule has 0 amide bonds. The van der Waals surface area contributed by atoms with Crippen molar-refractivity contribution in [3.8, 4) is 11.1 Å². The van der Waals surface area contributed by atoms with Crippen molar-refractivity contribution in [2.45, 2.75) is 5.75 Å². The van der Waals surface area contributed by atoms with Crippen molar-refractivity contribution >= 4 is 32.1 Å². The number of anilines is 2. The van der Waals surface area contributed by atoms with Gasteiger partial charge in [-0.05, 0) is 35.9 Å². The van der Waals surface area contributed by atoms with Crippen LogP contribution in [0.5, 0.6) is 0 Å². The van der Waals surface area contributed by atoms with Crippen LogP contribution in [-0.4, -0.2) is 29.2 Å². The number of pyridine rings is 2. The third-order valence-electron chi connectivity index (χ3n) is 4.64. The lowest BCUT2D eigenvalue weighted by Gasteiger charge is -2.15. The second kappa shape index (κ2) is 7.21. The number of aromatic nitrogens is 3. The highest BCUT2D eigenvalue weighted by Gasteiger charge is 2.15. The fourth-order valence-corrected chi connectivity index (χ4v) is 4.18. The van der Waals surface area contributed by atoms with Crippen molar-refractivity contribution < 1.29 is 8.42 Å². The van der Waals surface area contributed by atoms with E-state index in [1.54, 1.807) is 37.9 Å². The second-order valence-corrected chi connectivity index (χ2v) is 9.18. The average Bonchev–Trinajstić information content (AvgIpc) is 3.16. The fraction of sp³-hybridized carbons (Fsp3) is 0.143. The highest BCUT2D eigenvalue weighted by Crippen LogP contribution is 2.35. The molecule has 0 spiro atoms. The van der Waals surface area contributed by atoms with E-state index < -0.39 is 9.84 Å². The number of H-pyrrole nitrogens is 1. The Kier molecular flexibility index (Phi) is 4.71. The Morgan fingerprint density at radius 3 is 2.72 bits per heavy atom. The minimum atomic E-state index is -3.19. The number of hydrogen-bond donors (Lipinski definition) is 2. The van der Waals surface area contributed by atoms with Crippen molar-refractivity contribution in [1.29, 1.82) is 0 Å². The molecule has 3 aromatic heterocycles. The predicted octanol–water partition coefficient (Wildman–Crippen LogP) is 3.22. The lowest BCUT2D eigenvalue weighted by Crippen LogP contribution is -2.16. The van der Waals surface area contributed by atoms with Gasteiger partial charge in [-0.25, -0.2) is 8.42 Å². The molecule has 0 bridgehead atoms. The number of hydrogen-bond acceptors (Lipinski definition) is 5. The van der Waals surface area contributed by atoms with Gasteiger partial charge in [-0.3, -0.25) is 9.78 Å². The van der Waals surface area contributed by atoms with Crippen molar-refractivity contribution in [3.05, 3.63) is 77.1 Å². The second-order valence-electron chi connectivity index (χ2n) is 7.04. The quantitative estimate of drug-likeness (QED) is 0.529. The highest BCUT2D eigenvalue weighted by molar-refractivity contribution is 7.89. The average molecular weight is 408 g/mol. The zero-order chi connectivity index (χ0) is 20.6. The minimum absolute atomic E-state index is 0.0603. The fourth-order valence-electron chi connectivity index (χ4n) is 3.39. The van der Waals surface area contributed by atoms with Crippen LogP contribution in [0, 0.1) is 0 Å². The van der Waals surface area contributed by atoms with Crippen LogP contribution in [0.2, 0.25) is 0 Å². The number of nitrogens with zero attached hydrogens (tertiary/aromatic N) is 2. The molecule has 0 saturated heterocycles. The molecule has 0 atom stereocenters. The number of sulfone groups is 1. The summed E-state index contributed by atoms with van der Waals surface area (Å²) in [5, 5.41) is 4.12. The lowest BCUT2D eigenvalue weighted by molar-refractivity contribution is 0.601. The molecule has 0 aliphatic carbocycles. The SMILES string of the molecule is Cn1cc(-c2cc(CS(C)(=O)=O)ccc2Nc2cccnc2)c2cc[nH]c2c1=O. The molecule has 0 aliphatic heterocycles. The molecule has 0 fully saturated rings. The maximum atomic E-state index is 12.4. The molecule has 2 N–H and O–H groups in total. The molecule has 4 aromatic rings. The van der Waals surface area contributed by atoms with Gasteiger partial charge in [0.1, 0.15) is 5.52 Å². The van der Waals surface area contributed by atoms with E-state index >= 15 is 0 Å². The molecule has 3 heterocycles. The topological polar surface area (TPSA) is 96.8 Å². The summed E-state index contributed by atoms with van der Waals surface area (Å²) in [6.45, 7) is 0. The molecule has 7 nitrogen and oxygen atoms in total. The maximum absolute atomic E-state index is 12.4. The van der Waals surface area contributed by atoms with Gasteiger partial charge < -0.3 is 14.9 Å². The van der Waals surface area contributed by atoms with Gasteiger partial charge in [0.05, 0.1) is 17.6 Å². The van der Waals surface area contributed by atoms with Crippen LogP contribution in [0.4, 0.5) is 11.4 Å². The van der Waals surface area contributed by atoms with E-state index in [1.807, 2.05) is 30.3 Å². The van der Waals surface area contributed by atoms with Crippen molar-refractivity contribution in [1.82, 2.24) is 14.5 Å². The Hall–Kier alpha value is -3.39. The van der Waals surface area contributed by atoms with Gasteiger partial charge in [0, 0.05) is 54.1 Å². The Balaban J connectivity index is 1.94. The molecule has 0 unspecified atom stereocenters. The van der Waals surface area contributed by atoms with Gasteiger partial charge in [-0.2, -0.15) is 0 Å². The summed E-state index contributed by atoms with van der Waals surface area (Å²) in [5.41, 5.74) is 4.28. The summed E-state index contributed by atoms with van der Waals surface area (Å²) in [5.74, 6) is -0.0603. The molecule has 148 valence electrons. The van der Waals surface area contributed by atoms with E-state index in [4.69, 9.17) is 0 Å². The monoisotopic (exact) mass is 408 g/mol. The Morgan fingerprint density at radius 1 is 1.17 bits per heavy atom. The summed E-state index contributed by atoms with van der Waals surface area (Å²) in [6.07, 6.45) is 8.11. The highest BCUT2D eigenvalue weighted by atomic mass is 32.2. The molecule has 1 aromatic carbocycles. The first-order chi connectivity index (χ1) is 13.8. The van der Waals surface area contributed by atoms with Crippen LogP contribution < -0.4 is 10.9 Å². The van der Waals surface area contributed by atoms with Crippen LogP contribution in [-0.2, 0) is 22.6 Å². The van der Waals surface area contributed by atoms with E-state index in [0.717, 1.165) is 27.9 Å². The molecule has 4 rings (SSSR count). The minimum Gasteiger partial charge on any atom is -0.357 e. The molecule has 8 heteroatoms. The van der Waals surface area contributed by atoms with Gasteiger partial charge in [0.15, 0.2) is 9.84 Å². The normalized spacial score (nSPS) is 11.7. The first-order valence-electron chi connectivity index (χ1n) is 8.96. The Morgan fingerprint density at radius 2 is 2.00 bits per heavy atom. The molecular weight excluding hydrogens is 388 g/mol. The molecule has 29 heavy (non-hydrogen) atoms. The number of aryl methyl sites for hydroxylation is 1. The number of benzene rings is 1. The summed E-state index contributed by atoms with van der Waals surface area (Å²) >= 11 is 0. The number of fused-ring (bicyclic) bond motifs is 1. The van der Waals surface area contributed by atoms with E-state index in [1.165, 1.54) is 10.8 Å². The van der Waals surface area contributed by atoms with Gasteiger partial charge in [-0.15, -0.1) is 0 Å². The van der Waals surface area contributed by atoms with E-state index in [2.05, 4.69) is 15.3 Å². The molecule has 0 aliphatic rings. The third-order valence-corrected chi connectivity index (χ3v) is 5.50. The maximum Gasteiger partial charge on any atom is 0.274 e. The number of aromatic amines is 1. The van der Waals surface area contributed by atoms with Crippen molar-refractivity contribution in [2.24, 2.45) is 7.05 Å². The largest absolute Gasteiger partial charge is 0.357 e. The van der Waals surface area contributed by atoms with E-state index in [0.29, 0.717) is 11.1 Å². The van der Waals surface area contributed by atoms with Gasteiger partial charge in [0.2, 0.25) is 0 Å². The summed E-state index contributed by atoms with van der Waals surface area (Å²) < 4.78 is 25.2. The Labute approximate surface area is 168 Å². The van der Waals surface area contributed by atoms with Crippen molar-refractivity contribution in [2.75, 3.05) is 11.6 Å². The van der Waals surface area contributed by atoms with Crippen molar-refractivity contribution in [3.63, 3.8) is 0 Å². The summed E-state index contributed by atoms with van der Waals surface area (Å²) in [4.78, 5) is 19.6. The predicted molar refractivity (Wildman–Crippen MR) is 115 cm³/mol. The van der Waals surface area contributed by atoms with E-state index in [-0.39, 0.29) is 11.3 Å². The zero-order valence-corrected chi connectivity index (χ0v) is 16.8. The molecule has 0 radical (unpaired) electrons. The van der Waals surface area contributed by atoms with E-state index in [9.17, 15) is 13.2 Å². The molecule has 0 saturated carbocycles. The van der Waals surface area contributed by atoms with Crippen LogP contribution >= 0.6 is 0 Å². The van der Waals surface area contributed by atoms with Crippen LogP contribution in [0.25, 0.3) is 22.0 Å². The number of rotatable bonds is 5. The van der Waals surface area contributed by atoms with Crippen LogP contribution in [0.1, 0.15) is 5.56 Å². The lowest BCUT2D eigenvalue weighted by atomic mass is 9.99. The van der Waals surface area contributed by atoms with Crippen LogP contribution in [0.3, 0.4) is 0 Å². The third kappa shape index (κ3) is 3.93.